The Hall–Kier alpha value is -1.76. The van der Waals surface area contributed by atoms with Crippen LogP contribution >= 0.6 is 0 Å². The summed E-state index contributed by atoms with van der Waals surface area (Å²) in [5.74, 6) is 1.81. The molecule has 26 heavy (non-hydrogen) atoms. The van der Waals surface area contributed by atoms with Crippen molar-refractivity contribution >= 4 is 0 Å². The molecule has 0 heterocycles. The highest BCUT2D eigenvalue weighted by atomic mass is 16.3. The Bertz CT molecular complexity index is 744. The van der Waals surface area contributed by atoms with Crippen LogP contribution in [0.4, 0.5) is 0 Å². The SMILES string of the molecule is CC(C)c1cc(C(C)C)c(-c2ccc(O)c(C(C)(C)C)c2)c(C(C)C)c1. The molecule has 0 radical (unpaired) electrons. The van der Waals surface area contributed by atoms with Gasteiger partial charge in [-0.1, -0.05) is 80.5 Å². The summed E-state index contributed by atoms with van der Waals surface area (Å²) in [6.45, 7) is 20.1. The molecule has 0 aliphatic carbocycles. The van der Waals surface area contributed by atoms with Crippen molar-refractivity contribution in [2.75, 3.05) is 0 Å². The van der Waals surface area contributed by atoms with Crippen molar-refractivity contribution in [2.45, 2.75) is 85.5 Å². The Balaban J connectivity index is 2.84. The summed E-state index contributed by atoms with van der Waals surface area (Å²) in [5.41, 5.74) is 7.72. The van der Waals surface area contributed by atoms with E-state index in [2.05, 4.69) is 86.6 Å². The summed E-state index contributed by atoms with van der Waals surface area (Å²) < 4.78 is 0. The number of benzene rings is 2. The van der Waals surface area contributed by atoms with Crippen LogP contribution in [-0.4, -0.2) is 5.11 Å². The van der Waals surface area contributed by atoms with E-state index in [4.69, 9.17) is 0 Å². The molecule has 0 aliphatic heterocycles. The minimum absolute atomic E-state index is 0.0893. The topological polar surface area (TPSA) is 20.2 Å². The van der Waals surface area contributed by atoms with Crippen LogP contribution in [0.3, 0.4) is 0 Å². The Labute approximate surface area is 160 Å². The Morgan fingerprint density at radius 2 is 1.23 bits per heavy atom. The van der Waals surface area contributed by atoms with Crippen molar-refractivity contribution in [3.63, 3.8) is 0 Å². The summed E-state index contributed by atoms with van der Waals surface area (Å²) in [4.78, 5) is 0. The number of phenolic OH excluding ortho intramolecular Hbond substituents is 1. The van der Waals surface area contributed by atoms with Gasteiger partial charge in [0, 0.05) is 0 Å². The number of hydrogen-bond acceptors (Lipinski definition) is 1. The zero-order valence-electron chi connectivity index (χ0n) is 18.1. The van der Waals surface area contributed by atoms with Gasteiger partial charge in [0.1, 0.15) is 5.75 Å². The zero-order chi connectivity index (χ0) is 19.8. The smallest absolute Gasteiger partial charge is 0.119 e. The summed E-state index contributed by atoms with van der Waals surface area (Å²) in [5, 5.41) is 10.4. The summed E-state index contributed by atoms with van der Waals surface area (Å²) in [7, 11) is 0. The average molecular weight is 353 g/mol. The molecule has 0 unspecified atom stereocenters. The maximum Gasteiger partial charge on any atom is 0.119 e. The fraction of sp³-hybridized carbons (Fsp3) is 0.520. The molecule has 0 saturated carbocycles. The molecule has 0 spiro atoms. The van der Waals surface area contributed by atoms with E-state index >= 15 is 0 Å². The van der Waals surface area contributed by atoms with E-state index in [1.807, 2.05) is 6.07 Å². The number of rotatable bonds is 4. The van der Waals surface area contributed by atoms with Crippen molar-refractivity contribution in [2.24, 2.45) is 0 Å². The van der Waals surface area contributed by atoms with Crippen LogP contribution in [0.2, 0.25) is 0 Å². The molecule has 0 fully saturated rings. The quantitative estimate of drug-likeness (QED) is 0.597. The fourth-order valence-electron chi connectivity index (χ4n) is 3.58. The Morgan fingerprint density at radius 1 is 0.731 bits per heavy atom. The summed E-state index contributed by atoms with van der Waals surface area (Å²) in [6.07, 6.45) is 0. The first kappa shape index (κ1) is 20.6. The Kier molecular flexibility index (Phi) is 5.90. The highest BCUT2D eigenvalue weighted by Gasteiger charge is 2.22. The highest BCUT2D eigenvalue weighted by Crippen LogP contribution is 2.41. The average Bonchev–Trinajstić information content (AvgIpc) is 2.52. The van der Waals surface area contributed by atoms with E-state index < -0.39 is 0 Å². The lowest BCUT2D eigenvalue weighted by molar-refractivity contribution is 0.447. The van der Waals surface area contributed by atoms with E-state index in [0.29, 0.717) is 23.5 Å². The van der Waals surface area contributed by atoms with Crippen LogP contribution in [-0.2, 0) is 5.41 Å². The molecule has 0 atom stereocenters. The molecule has 0 aromatic heterocycles. The van der Waals surface area contributed by atoms with Crippen molar-refractivity contribution in [1.29, 1.82) is 0 Å². The first-order chi connectivity index (χ1) is 11.9. The highest BCUT2D eigenvalue weighted by molar-refractivity contribution is 5.75. The van der Waals surface area contributed by atoms with Gasteiger partial charge in [-0.05, 0) is 68.7 Å². The lowest BCUT2D eigenvalue weighted by Crippen LogP contribution is -2.12. The van der Waals surface area contributed by atoms with Gasteiger partial charge in [0.15, 0.2) is 0 Å². The van der Waals surface area contributed by atoms with E-state index in [9.17, 15) is 5.11 Å². The molecule has 2 aromatic rings. The maximum atomic E-state index is 10.4. The summed E-state index contributed by atoms with van der Waals surface area (Å²) >= 11 is 0. The molecule has 0 bridgehead atoms. The van der Waals surface area contributed by atoms with Crippen LogP contribution in [0.5, 0.6) is 5.75 Å². The van der Waals surface area contributed by atoms with Gasteiger partial charge in [-0.15, -0.1) is 0 Å². The number of hydrogen-bond donors (Lipinski definition) is 1. The third-order valence-corrected chi connectivity index (χ3v) is 5.23. The standard InChI is InChI=1S/C25H36O/c1-15(2)19-12-20(16(3)4)24(21(13-19)17(5)6)18-10-11-23(26)22(14-18)25(7,8)9/h10-17,26H,1-9H3. The van der Waals surface area contributed by atoms with Gasteiger partial charge in [-0.3, -0.25) is 0 Å². The minimum atomic E-state index is -0.0893. The number of aromatic hydroxyl groups is 1. The van der Waals surface area contributed by atoms with Gasteiger partial charge in [-0.25, -0.2) is 0 Å². The molecule has 0 amide bonds. The van der Waals surface area contributed by atoms with Crippen molar-refractivity contribution in [1.82, 2.24) is 0 Å². The van der Waals surface area contributed by atoms with Crippen LogP contribution in [0.15, 0.2) is 30.3 Å². The van der Waals surface area contributed by atoms with Crippen molar-refractivity contribution < 1.29 is 5.11 Å². The number of phenols is 1. The van der Waals surface area contributed by atoms with Crippen molar-refractivity contribution in [3.05, 3.63) is 52.6 Å². The van der Waals surface area contributed by atoms with Crippen LogP contribution in [0.1, 0.15) is 102 Å². The first-order valence-electron chi connectivity index (χ1n) is 9.95. The third-order valence-electron chi connectivity index (χ3n) is 5.23. The second kappa shape index (κ2) is 7.47. The zero-order valence-corrected chi connectivity index (χ0v) is 18.1. The van der Waals surface area contributed by atoms with Crippen LogP contribution in [0.25, 0.3) is 11.1 Å². The van der Waals surface area contributed by atoms with Gasteiger partial charge in [0.25, 0.3) is 0 Å². The predicted octanol–water partition coefficient (Wildman–Crippen LogP) is 7.73. The van der Waals surface area contributed by atoms with Gasteiger partial charge >= 0.3 is 0 Å². The maximum absolute atomic E-state index is 10.4. The molecule has 142 valence electrons. The minimum Gasteiger partial charge on any atom is -0.508 e. The van der Waals surface area contributed by atoms with Gasteiger partial charge in [-0.2, -0.15) is 0 Å². The Morgan fingerprint density at radius 3 is 1.62 bits per heavy atom. The van der Waals surface area contributed by atoms with Crippen LogP contribution in [0, 0.1) is 0 Å². The van der Waals surface area contributed by atoms with E-state index in [0.717, 1.165) is 5.56 Å². The predicted molar refractivity (Wildman–Crippen MR) is 115 cm³/mol. The molecule has 2 rings (SSSR count). The van der Waals surface area contributed by atoms with E-state index in [1.54, 1.807) is 0 Å². The third kappa shape index (κ3) is 4.14. The molecule has 0 aliphatic rings. The molecule has 1 N–H and O–H groups in total. The monoisotopic (exact) mass is 352 g/mol. The molecular formula is C25H36O. The second-order valence-electron chi connectivity index (χ2n) is 9.52. The molecule has 1 heteroatoms. The normalized spacial score (nSPS) is 12.5. The van der Waals surface area contributed by atoms with Gasteiger partial charge < -0.3 is 5.11 Å². The molecule has 2 aromatic carbocycles. The first-order valence-corrected chi connectivity index (χ1v) is 9.95. The molecular weight excluding hydrogens is 316 g/mol. The van der Waals surface area contributed by atoms with E-state index in [1.165, 1.54) is 27.8 Å². The van der Waals surface area contributed by atoms with Crippen molar-refractivity contribution in [3.8, 4) is 16.9 Å². The lowest BCUT2D eigenvalue weighted by atomic mass is 9.79. The molecule has 1 nitrogen and oxygen atoms in total. The van der Waals surface area contributed by atoms with E-state index in [-0.39, 0.29) is 5.41 Å². The van der Waals surface area contributed by atoms with Crippen LogP contribution < -0.4 is 0 Å². The fourth-order valence-corrected chi connectivity index (χ4v) is 3.58. The van der Waals surface area contributed by atoms with Gasteiger partial charge in [0.05, 0.1) is 0 Å². The summed E-state index contributed by atoms with van der Waals surface area (Å²) in [6, 6.07) is 10.9. The van der Waals surface area contributed by atoms with Gasteiger partial charge in [0.2, 0.25) is 0 Å². The largest absolute Gasteiger partial charge is 0.508 e. The lowest BCUT2D eigenvalue weighted by Gasteiger charge is -2.25. The molecule has 0 saturated heterocycles. The second-order valence-corrected chi connectivity index (χ2v) is 9.52.